The molecule has 2 fully saturated rings. The molecule has 6 nitrogen and oxygen atoms in total. The third-order valence-electron chi connectivity index (χ3n) is 4.37. The quantitative estimate of drug-likeness (QED) is 0.843. The van der Waals surface area contributed by atoms with Crippen molar-refractivity contribution < 1.29 is 19.0 Å². The lowest BCUT2D eigenvalue weighted by molar-refractivity contribution is -0.0484. The van der Waals surface area contributed by atoms with Gasteiger partial charge >= 0.3 is 0 Å². The first-order valence-electron chi connectivity index (χ1n) is 7.79. The van der Waals surface area contributed by atoms with E-state index in [1.165, 1.54) is 7.11 Å². The predicted molar refractivity (Wildman–Crippen MR) is 80.0 cm³/mol. The number of fused-ring (bicyclic) bond motifs is 2. The summed E-state index contributed by atoms with van der Waals surface area (Å²) in [6.45, 7) is 3.71. The molecule has 6 heteroatoms. The Bertz CT molecular complexity index is 537. The van der Waals surface area contributed by atoms with Crippen LogP contribution in [0.15, 0.2) is 18.3 Å². The molecule has 22 heavy (non-hydrogen) atoms. The number of pyridine rings is 1. The first-order valence-corrected chi connectivity index (χ1v) is 7.79. The van der Waals surface area contributed by atoms with Gasteiger partial charge in [0.05, 0.1) is 25.9 Å². The summed E-state index contributed by atoms with van der Waals surface area (Å²) in [5, 5.41) is 0. The van der Waals surface area contributed by atoms with Crippen LogP contribution in [0.4, 0.5) is 0 Å². The van der Waals surface area contributed by atoms with E-state index in [9.17, 15) is 4.79 Å². The summed E-state index contributed by atoms with van der Waals surface area (Å²) in [4.78, 5) is 19.0. The molecule has 1 saturated heterocycles. The first-order chi connectivity index (χ1) is 10.8. The van der Waals surface area contributed by atoms with E-state index in [1.54, 1.807) is 18.3 Å². The zero-order valence-corrected chi connectivity index (χ0v) is 13.0. The van der Waals surface area contributed by atoms with Gasteiger partial charge in [-0.05, 0) is 31.9 Å². The molecule has 1 aromatic heterocycles. The topological polar surface area (TPSA) is 60.9 Å². The van der Waals surface area contributed by atoms with Crippen LogP contribution in [0.5, 0.6) is 5.88 Å². The van der Waals surface area contributed by atoms with Gasteiger partial charge in [0, 0.05) is 19.3 Å². The molecule has 2 heterocycles. The summed E-state index contributed by atoms with van der Waals surface area (Å²) >= 11 is 0. The van der Waals surface area contributed by atoms with Gasteiger partial charge in [-0.3, -0.25) is 4.79 Å². The summed E-state index contributed by atoms with van der Waals surface area (Å²) < 4.78 is 16.9. The number of rotatable bonds is 4. The number of aromatic nitrogens is 1. The molecule has 1 amide bonds. The highest BCUT2D eigenvalue weighted by atomic mass is 16.5. The van der Waals surface area contributed by atoms with Crippen LogP contribution in [-0.2, 0) is 9.47 Å². The van der Waals surface area contributed by atoms with Crippen molar-refractivity contribution >= 4 is 5.91 Å². The minimum Gasteiger partial charge on any atom is -0.480 e. The van der Waals surface area contributed by atoms with E-state index in [2.05, 4.69) is 4.98 Å². The molecule has 3 rings (SSSR count). The van der Waals surface area contributed by atoms with Gasteiger partial charge in [0.2, 0.25) is 5.88 Å². The van der Waals surface area contributed by atoms with Gasteiger partial charge in [-0.25, -0.2) is 4.98 Å². The van der Waals surface area contributed by atoms with Crippen LogP contribution in [0, 0.1) is 0 Å². The SMILES string of the molecule is CCOC1C2CCC1N(C(=O)c1cccnc1OC)CCO2. The largest absolute Gasteiger partial charge is 0.480 e. The molecule has 0 aromatic carbocycles. The number of hydrogen-bond donors (Lipinski definition) is 0. The van der Waals surface area contributed by atoms with Crippen molar-refractivity contribution in [1.82, 2.24) is 9.88 Å². The van der Waals surface area contributed by atoms with E-state index in [0.717, 1.165) is 12.8 Å². The predicted octanol–water partition coefficient (Wildman–Crippen LogP) is 1.50. The Morgan fingerprint density at radius 3 is 3.14 bits per heavy atom. The molecule has 3 atom stereocenters. The van der Waals surface area contributed by atoms with E-state index in [4.69, 9.17) is 14.2 Å². The van der Waals surface area contributed by atoms with E-state index < -0.39 is 0 Å². The van der Waals surface area contributed by atoms with Crippen molar-refractivity contribution in [3.63, 3.8) is 0 Å². The summed E-state index contributed by atoms with van der Waals surface area (Å²) in [5.41, 5.74) is 0.491. The summed E-state index contributed by atoms with van der Waals surface area (Å²) in [6.07, 6.45) is 3.51. The Kier molecular flexibility index (Phi) is 4.59. The summed E-state index contributed by atoms with van der Waals surface area (Å²) in [6, 6.07) is 3.56. The summed E-state index contributed by atoms with van der Waals surface area (Å²) in [7, 11) is 1.53. The number of carbonyl (C=O) groups is 1. The van der Waals surface area contributed by atoms with Crippen molar-refractivity contribution in [2.24, 2.45) is 0 Å². The van der Waals surface area contributed by atoms with Gasteiger partial charge < -0.3 is 19.1 Å². The Morgan fingerprint density at radius 2 is 2.36 bits per heavy atom. The lowest BCUT2D eigenvalue weighted by Crippen LogP contribution is -2.46. The standard InChI is InChI=1S/C16H22N2O4/c1-3-21-14-12-6-7-13(14)22-10-9-18(12)16(19)11-5-4-8-17-15(11)20-2/h4-5,8,12-14H,3,6-7,9-10H2,1-2H3. The second kappa shape index (κ2) is 6.62. The van der Waals surface area contributed by atoms with E-state index in [1.807, 2.05) is 11.8 Å². The fourth-order valence-corrected chi connectivity index (χ4v) is 3.42. The van der Waals surface area contributed by atoms with Crippen LogP contribution in [0.1, 0.15) is 30.1 Å². The maximum Gasteiger partial charge on any atom is 0.259 e. The number of amides is 1. The molecular formula is C16H22N2O4. The third-order valence-corrected chi connectivity index (χ3v) is 4.37. The molecule has 3 unspecified atom stereocenters. The van der Waals surface area contributed by atoms with Gasteiger partial charge in [-0.15, -0.1) is 0 Å². The van der Waals surface area contributed by atoms with E-state index >= 15 is 0 Å². The molecule has 0 N–H and O–H groups in total. The van der Waals surface area contributed by atoms with Crippen molar-refractivity contribution in [3.8, 4) is 5.88 Å². The molecule has 2 aliphatic rings. The lowest BCUT2D eigenvalue weighted by Gasteiger charge is -2.31. The second-order valence-corrected chi connectivity index (χ2v) is 5.53. The molecule has 1 aliphatic heterocycles. The van der Waals surface area contributed by atoms with Crippen molar-refractivity contribution in [1.29, 1.82) is 0 Å². The molecule has 1 aromatic rings. The Balaban J connectivity index is 1.87. The van der Waals surface area contributed by atoms with Crippen molar-refractivity contribution in [2.45, 2.75) is 38.0 Å². The molecular weight excluding hydrogens is 284 g/mol. The monoisotopic (exact) mass is 306 g/mol. The number of methoxy groups -OCH3 is 1. The zero-order valence-electron chi connectivity index (χ0n) is 13.0. The van der Waals surface area contributed by atoms with Gasteiger partial charge in [0.25, 0.3) is 5.91 Å². The maximum absolute atomic E-state index is 13.0. The average molecular weight is 306 g/mol. The fourth-order valence-electron chi connectivity index (χ4n) is 3.42. The maximum atomic E-state index is 13.0. The first kappa shape index (κ1) is 15.2. The molecule has 0 radical (unpaired) electrons. The molecule has 1 aliphatic carbocycles. The van der Waals surface area contributed by atoms with Crippen LogP contribution >= 0.6 is 0 Å². The highest BCUT2D eigenvalue weighted by molar-refractivity contribution is 5.96. The molecule has 2 bridgehead atoms. The molecule has 0 spiro atoms. The van der Waals surface area contributed by atoms with Crippen LogP contribution in [0.25, 0.3) is 0 Å². The van der Waals surface area contributed by atoms with Crippen molar-refractivity contribution in [3.05, 3.63) is 23.9 Å². The second-order valence-electron chi connectivity index (χ2n) is 5.53. The van der Waals surface area contributed by atoms with Crippen LogP contribution in [-0.4, -0.2) is 60.9 Å². The minimum atomic E-state index is -0.0641. The smallest absolute Gasteiger partial charge is 0.259 e. The Morgan fingerprint density at radius 1 is 1.50 bits per heavy atom. The minimum absolute atomic E-state index is 0.0425. The van der Waals surface area contributed by atoms with Gasteiger partial charge in [-0.1, -0.05) is 0 Å². The zero-order chi connectivity index (χ0) is 15.5. The Labute approximate surface area is 130 Å². The number of nitrogens with zero attached hydrogens (tertiary/aromatic N) is 2. The van der Waals surface area contributed by atoms with Gasteiger partial charge in [-0.2, -0.15) is 0 Å². The number of hydrogen-bond acceptors (Lipinski definition) is 5. The Hall–Kier alpha value is -1.66. The van der Waals surface area contributed by atoms with Crippen LogP contribution in [0.2, 0.25) is 0 Å². The normalized spacial score (nSPS) is 27.5. The third kappa shape index (κ3) is 2.68. The fraction of sp³-hybridized carbons (Fsp3) is 0.625. The van der Waals surface area contributed by atoms with Crippen LogP contribution < -0.4 is 4.74 Å². The molecule has 1 saturated carbocycles. The van der Waals surface area contributed by atoms with Crippen molar-refractivity contribution in [2.75, 3.05) is 26.9 Å². The van der Waals surface area contributed by atoms with E-state index in [-0.39, 0.29) is 24.2 Å². The van der Waals surface area contributed by atoms with Gasteiger partial charge in [0.15, 0.2) is 0 Å². The lowest BCUT2D eigenvalue weighted by atomic mass is 10.1. The number of carbonyl (C=O) groups excluding carboxylic acids is 1. The average Bonchev–Trinajstić information content (AvgIpc) is 2.83. The highest BCUT2D eigenvalue weighted by Gasteiger charge is 2.45. The van der Waals surface area contributed by atoms with Gasteiger partial charge in [0.1, 0.15) is 11.7 Å². The molecule has 120 valence electrons. The van der Waals surface area contributed by atoms with E-state index in [0.29, 0.717) is 31.2 Å². The summed E-state index contributed by atoms with van der Waals surface area (Å²) in [5.74, 6) is 0.297. The van der Waals surface area contributed by atoms with Crippen LogP contribution in [0.3, 0.4) is 0 Å². The number of ether oxygens (including phenoxy) is 3. The highest BCUT2D eigenvalue weighted by Crippen LogP contribution is 2.33.